The number of rotatable bonds is 11. The van der Waals surface area contributed by atoms with Gasteiger partial charge in [0, 0.05) is 0 Å². The Hall–Kier alpha value is -0.570. The highest BCUT2D eigenvalue weighted by Crippen LogP contribution is 2.33. The zero-order valence-electron chi connectivity index (χ0n) is 15.5. The fourth-order valence-corrected chi connectivity index (χ4v) is 4.31. The molecule has 0 bridgehead atoms. The Morgan fingerprint density at radius 3 is 2.33 bits per heavy atom. The van der Waals surface area contributed by atoms with E-state index in [1.165, 1.54) is 73.0 Å². The maximum absolute atomic E-state index is 2.50. The summed E-state index contributed by atoms with van der Waals surface area (Å²) < 4.78 is 1.28. The molecule has 0 radical (unpaired) electrons. The zero-order chi connectivity index (χ0) is 17.2. The number of benzene rings is 2. The molecule has 0 spiro atoms. The summed E-state index contributed by atoms with van der Waals surface area (Å²) in [4.78, 5) is 0. The third-order valence-electron chi connectivity index (χ3n) is 5.22. The van der Waals surface area contributed by atoms with Crippen molar-refractivity contribution >= 4 is 33.4 Å². The normalized spacial score (nSPS) is 12.6. The quantitative estimate of drug-likeness (QED) is 0.190. The summed E-state index contributed by atoms with van der Waals surface area (Å²) in [6.07, 6.45) is 11.9. The number of hydrogen-bond acceptors (Lipinski definition) is 0. The van der Waals surface area contributed by atoms with E-state index in [2.05, 4.69) is 72.8 Å². The van der Waals surface area contributed by atoms with Gasteiger partial charge in [-0.3, -0.25) is 0 Å². The molecule has 0 saturated carbocycles. The lowest BCUT2D eigenvalue weighted by Crippen LogP contribution is -2.00. The van der Waals surface area contributed by atoms with Crippen molar-refractivity contribution < 1.29 is 0 Å². The monoisotopic (exact) mass is 436 g/mol. The van der Waals surface area contributed by atoms with Gasteiger partial charge in [-0.05, 0) is 64.3 Å². The smallest absolute Gasteiger partial charge is 0.000472 e. The Labute approximate surface area is 162 Å². The highest BCUT2D eigenvalue weighted by Gasteiger charge is 2.14. The van der Waals surface area contributed by atoms with E-state index >= 15 is 0 Å². The van der Waals surface area contributed by atoms with Gasteiger partial charge in [0.2, 0.25) is 0 Å². The van der Waals surface area contributed by atoms with Crippen LogP contribution in [0.4, 0.5) is 0 Å². The van der Waals surface area contributed by atoms with E-state index in [1.807, 2.05) is 0 Å². The molecule has 0 fully saturated rings. The third-order valence-corrected chi connectivity index (χ3v) is 5.98. The van der Waals surface area contributed by atoms with Crippen molar-refractivity contribution in [2.75, 3.05) is 4.43 Å². The molecule has 0 aliphatic carbocycles. The lowest BCUT2D eigenvalue weighted by molar-refractivity contribution is 0.576. The van der Waals surface area contributed by atoms with Crippen LogP contribution >= 0.6 is 22.6 Å². The van der Waals surface area contributed by atoms with Gasteiger partial charge in [0.1, 0.15) is 0 Å². The molecule has 2 aromatic carbocycles. The van der Waals surface area contributed by atoms with Crippen molar-refractivity contribution in [3.8, 4) is 0 Å². The van der Waals surface area contributed by atoms with Crippen molar-refractivity contribution in [2.24, 2.45) is 0 Å². The Bertz CT molecular complexity index is 602. The maximum Gasteiger partial charge on any atom is -0.000472 e. The highest BCUT2D eigenvalue weighted by atomic mass is 127. The van der Waals surface area contributed by atoms with Gasteiger partial charge in [0.05, 0.1) is 0 Å². The average molecular weight is 436 g/mol. The molecule has 132 valence electrons. The van der Waals surface area contributed by atoms with Crippen LogP contribution in [0.1, 0.15) is 82.3 Å². The van der Waals surface area contributed by atoms with E-state index in [4.69, 9.17) is 0 Å². The molecule has 1 heteroatoms. The number of halogens is 1. The van der Waals surface area contributed by atoms with Gasteiger partial charge in [0.25, 0.3) is 0 Å². The standard InChI is InChI=1S/C23H33I/c1-3-5-6-7-13-20-16-17-22(19(4-2)12-10-11-18-24)23-15-9-8-14-21(20)23/h8-9,14-17,19H,3-7,10-13,18H2,1-2H3. The second-order valence-electron chi connectivity index (χ2n) is 6.96. The molecule has 1 unspecified atom stereocenters. The summed E-state index contributed by atoms with van der Waals surface area (Å²) in [6, 6.07) is 14.0. The van der Waals surface area contributed by atoms with E-state index in [0.29, 0.717) is 5.92 Å². The van der Waals surface area contributed by atoms with Crippen LogP contribution in [0.2, 0.25) is 0 Å². The van der Waals surface area contributed by atoms with Gasteiger partial charge >= 0.3 is 0 Å². The molecule has 0 N–H and O–H groups in total. The van der Waals surface area contributed by atoms with Crippen molar-refractivity contribution in [1.82, 2.24) is 0 Å². The summed E-state index contributed by atoms with van der Waals surface area (Å²) in [7, 11) is 0. The Morgan fingerprint density at radius 2 is 1.62 bits per heavy atom. The number of unbranched alkanes of at least 4 members (excludes halogenated alkanes) is 4. The van der Waals surface area contributed by atoms with Gasteiger partial charge in [0.15, 0.2) is 0 Å². The van der Waals surface area contributed by atoms with Crippen LogP contribution < -0.4 is 0 Å². The first-order valence-electron chi connectivity index (χ1n) is 9.88. The fourth-order valence-electron chi connectivity index (χ4n) is 3.77. The van der Waals surface area contributed by atoms with Crippen LogP contribution in [-0.4, -0.2) is 4.43 Å². The molecule has 0 saturated heterocycles. The molecule has 24 heavy (non-hydrogen) atoms. The third kappa shape index (κ3) is 5.47. The molecule has 0 aliphatic rings. The molecule has 0 amide bonds. The first-order chi connectivity index (χ1) is 11.8. The van der Waals surface area contributed by atoms with E-state index in [-0.39, 0.29) is 0 Å². The molecule has 0 heterocycles. The number of hydrogen-bond donors (Lipinski definition) is 0. The fraction of sp³-hybridized carbons (Fsp3) is 0.565. The van der Waals surface area contributed by atoms with Gasteiger partial charge in [-0.25, -0.2) is 0 Å². The van der Waals surface area contributed by atoms with Crippen molar-refractivity contribution in [3.63, 3.8) is 0 Å². The number of fused-ring (bicyclic) bond motifs is 1. The predicted octanol–water partition coefficient (Wildman–Crippen LogP) is 8.06. The lowest BCUT2D eigenvalue weighted by Gasteiger charge is -2.19. The van der Waals surface area contributed by atoms with Gasteiger partial charge in [-0.2, -0.15) is 0 Å². The molecular formula is C23H33I. The zero-order valence-corrected chi connectivity index (χ0v) is 17.6. The summed E-state index contributed by atoms with van der Waals surface area (Å²) in [5.74, 6) is 0.715. The minimum Gasteiger partial charge on any atom is -0.0864 e. The molecule has 2 rings (SSSR count). The molecule has 0 aliphatic heterocycles. The molecule has 2 aromatic rings. The van der Waals surface area contributed by atoms with Gasteiger partial charge < -0.3 is 0 Å². The second-order valence-corrected chi connectivity index (χ2v) is 8.04. The van der Waals surface area contributed by atoms with Crippen LogP contribution in [0.15, 0.2) is 36.4 Å². The Balaban J connectivity index is 2.22. The number of aryl methyl sites for hydroxylation is 1. The van der Waals surface area contributed by atoms with Crippen LogP contribution in [0.5, 0.6) is 0 Å². The van der Waals surface area contributed by atoms with Crippen molar-refractivity contribution in [1.29, 1.82) is 0 Å². The molecule has 1 atom stereocenters. The molecule has 0 nitrogen and oxygen atoms in total. The first-order valence-corrected chi connectivity index (χ1v) is 11.4. The van der Waals surface area contributed by atoms with Crippen LogP contribution in [0.3, 0.4) is 0 Å². The average Bonchev–Trinajstić information content (AvgIpc) is 2.63. The summed E-state index contributed by atoms with van der Waals surface area (Å²) in [5, 5.41) is 3.01. The summed E-state index contributed by atoms with van der Waals surface area (Å²) in [5.41, 5.74) is 3.13. The Morgan fingerprint density at radius 1 is 0.833 bits per heavy atom. The minimum absolute atomic E-state index is 0.715. The Kier molecular flexibility index (Phi) is 9.15. The molecule has 0 aromatic heterocycles. The maximum atomic E-state index is 2.50. The van der Waals surface area contributed by atoms with Gasteiger partial charge in [-0.1, -0.05) is 98.5 Å². The topological polar surface area (TPSA) is 0 Å². The molecular weight excluding hydrogens is 403 g/mol. The SMILES string of the molecule is CCCCCCc1ccc(C(CC)CCCCI)c2ccccc12. The van der Waals surface area contributed by atoms with Crippen LogP contribution in [-0.2, 0) is 6.42 Å². The van der Waals surface area contributed by atoms with Crippen LogP contribution in [0.25, 0.3) is 10.8 Å². The van der Waals surface area contributed by atoms with E-state index in [9.17, 15) is 0 Å². The lowest BCUT2D eigenvalue weighted by atomic mass is 9.86. The van der Waals surface area contributed by atoms with Crippen LogP contribution in [0, 0.1) is 0 Å². The van der Waals surface area contributed by atoms with E-state index < -0.39 is 0 Å². The predicted molar refractivity (Wildman–Crippen MR) is 118 cm³/mol. The number of alkyl halides is 1. The van der Waals surface area contributed by atoms with Gasteiger partial charge in [-0.15, -0.1) is 0 Å². The minimum atomic E-state index is 0.715. The summed E-state index contributed by atoms with van der Waals surface area (Å²) in [6.45, 7) is 4.63. The largest absolute Gasteiger partial charge is 0.0864 e. The van der Waals surface area contributed by atoms with E-state index in [1.54, 1.807) is 11.1 Å². The van der Waals surface area contributed by atoms with Crippen molar-refractivity contribution in [3.05, 3.63) is 47.5 Å². The first kappa shape index (κ1) is 19.8. The highest BCUT2D eigenvalue weighted by molar-refractivity contribution is 14.1. The van der Waals surface area contributed by atoms with E-state index in [0.717, 1.165) is 0 Å². The van der Waals surface area contributed by atoms with Crippen molar-refractivity contribution in [2.45, 2.75) is 77.6 Å². The second kappa shape index (κ2) is 11.1. The summed E-state index contributed by atoms with van der Waals surface area (Å²) >= 11 is 2.50.